The molecule has 0 aromatic carbocycles. The molecule has 1 saturated heterocycles. The number of thiophene rings is 1. The van der Waals surface area contributed by atoms with Crippen LogP contribution in [0.25, 0.3) is 0 Å². The van der Waals surface area contributed by atoms with Crippen LogP contribution in [0.5, 0.6) is 0 Å². The SMILES string of the molecule is CCC1(C(=O)O)CCCN1S(=O)(=O)c1ccc(Br)s1. The number of carboxylic acids is 1. The predicted octanol–water partition coefficient (Wildman–Crippen LogP) is 2.53. The number of aliphatic carboxylic acids is 1. The molecule has 1 aromatic heterocycles. The second kappa shape index (κ2) is 5.16. The lowest BCUT2D eigenvalue weighted by Crippen LogP contribution is -2.52. The van der Waals surface area contributed by atoms with Crippen LogP contribution in [0.3, 0.4) is 0 Å². The van der Waals surface area contributed by atoms with Gasteiger partial charge in [-0.15, -0.1) is 11.3 Å². The Labute approximate surface area is 124 Å². The maximum absolute atomic E-state index is 12.6. The van der Waals surface area contributed by atoms with Crippen LogP contribution in [0.15, 0.2) is 20.1 Å². The minimum atomic E-state index is -3.74. The van der Waals surface area contributed by atoms with Gasteiger partial charge >= 0.3 is 5.97 Å². The summed E-state index contributed by atoms with van der Waals surface area (Å²) in [6, 6.07) is 3.16. The molecule has 0 aliphatic carbocycles. The van der Waals surface area contributed by atoms with Crippen LogP contribution in [0.2, 0.25) is 0 Å². The van der Waals surface area contributed by atoms with Crippen molar-refractivity contribution >= 4 is 43.3 Å². The molecule has 2 heterocycles. The summed E-state index contributed by atoms with van der Waals surface area (Å²) >= 11 is 4.33. The molecule has 19 heavy (non-hydrogen) atoms. The van der Waals surface area contributed by atoms with Gasteiger partial charge in [-0.1, -0.05) is 6.92 Å². The van der Waals surface area contributed by atoms with E-state index >= 15 is 0 Å². The van der Waals surface area contributed by atoms with Crippen molar-refractivity contribution in [2.45, 2.75) is 35.9 Å². The Balaban J connectivity index is 2.48. The Morgan fingerprint density at radius 1 is 1.58 bits per heavy atom. The fourth-order valence-corrected chi connectivity index (χ4v) is 6.45. The summed E-state index contributed by atoms with van der Waals surface area (Å²) in [5.41, 5.74) is -1.30. The number of sulfonamides is 1. The number of hydrogen-bond donors (Lipinski definition) is 1. The Bertz CT molecular complexity index is 598. The number of carboxylic acid groups (broad SMARTS) is 1. The van der Waals surface area contributed by atoms with Crippen LogP contribution >= 0.6 is 27.3 Å². The summed E-state index contributed by atoms with van der Waals surface area (Å²) in [6.45, 7) is 1.98. The van der Waals surface area contributed by atoms with Gasteiger partial charge in [-0.25, -0.2) is 8.42 Å². The minimum Gasteiger partial charge on any atom is -0.480 e. The average molecular weight is 368 g/mol. The summed E-state index contributed by atoms with van der Waals surface area (Å²) in [6.07, 6.45) is 1.21. The quantitative estimate of drug-likeness (QED) is 0.886. The Hall–Kier alpha value is -0.440. The smallest absolute Gasteiger partial charge is 0.325 e. The van der Waals surface area contributed by atoms with Gasteiger partial charge < -0.3 is 5.11 Å². The van der Waals surface area contributed by atoms with E-state index in [0.717, 1.165) is 15.6 Å². The first-order valence-corrected chi connectivity index (χ1v) is 8.91. The van der Waals surface area contributed by atoms with Crippen molar-refractivity contribution in [3.8, 4) is 0 Å². The molecule has 1 aromatic rings. The van der Waals surface area contributed by atoms with Crippen molar-refractivity contribution in [3.05, 3.63) is 15.9 Å². The normalized spacial score (nSPS) is 24.7. The molecular weight excluding hydrogens is 354 g/mol. The molecule has 8 heteroatoms. The first-order chi connectivity index (χ1) is 8.84. The molecule has 0 spiro atoms. The lowest BCUT2D eigenvalue weighted by molar-refractivity contribution is -0.147. The Morgan fingerprint density at radius 3 is 2.74 bits per heavy atom. The molecule has 1 aliphatic rings. The molecule has 2 rings (SSSR count). The van der Waals surface area contributed by atoms with E-state index in [9.17, 15) is 18.3 Å². The number of carbonyl (C=O) groups is 1. The second-order valence-corrected chi connectivity index (χ2v) is 8.98. The van der Waals surface area contributed by atoms with Gasteiger partial charge in [0.1, 0.15) is 9.75 Å². The summed E-state index contributed by atoms with van der Waals surface area (Å²) < 4.78 is 27.2. The molecular formula is C11H14BrNO4S2. The largest absolute Gasteiger partial charge is 0.480 e. The van der Waals surface area contributed by atoms with Crippen molar-refractivity contribution in [1.29, 1.82) is 0 Å². The van der Waals surface area contributed by atoms with Crippen LogP contribution in [0, 0.1) is 0 Å². The van der Waals surface area contributed by atoms with Gasteiger partial charge in [0.25, 0.3) is 10.0 Å². The molecule has 0 radical (unpaired) electrons. The predicted molar refractivity (Wildman–Crippen MR) is 75.8 cm³/mol. The van der Waals surface area contributed by atoms with Gasteiger partial charge in [0.2, 0.25) is 0 Å². The van der Waals surface area contributed by atoms with Crippen molar-refractivity contribution in [1.82, 2.24) is 4.31 Å². The van der Waals surface area contributed by atoms with E-state index in [-0.39, 0.29) is 17.2 Å². The lowest BCUT2D eigenvalue weighted by Gasteiger charge is -2.32. The fraction of sp³-hybridized carbons (Fsp3) is 0.545. The summed E-state index contributed by atoms with van der Waals surface area (Å²) in [5, 5.41) is 9.44. The molecule has 1 atom stereocenters. The van der Waals surface area contributed by atoms with E-state index in [1.807, 2.05) is 0 Å². The molecule has 5 nitrogen and oxygen atoms in total. The Morgan fingerprint density at radius 2 is 2.26 bits per heavy atom. The minimum absolute atomic E-state index is 0.181. The van der Waals surface area contributed by atoms with Crippen LogP contribution < -0.4 is 0 Å². The van der Waals surface area contributed by atoms with Gasteiger partial charge in [-0.05, 0) is 47.3 Å². The van der Waals surface area contributed by atoms with Gasteiger partial charge in [0, 0.05) is 6.54 Å². The fourth-order valence-electron chi connectivity index (χ4n) is 2.47. The third kappa shape index (κ3) is 2.35. The zero-order valence-corrected chi connectivity index (χ0v) is 13.5. The number of nitrogens with zero attached hydrogens (tertiary/aromatic N) is 1. The van der Waals surface area contributed by atoms with E-state index in [4.69, 9.17) is 0 Å². The summed E-state index contributed by atoms with van der Waals surface area (Å²) in [7, 11) is -3.74. The van der Waals surface area contributed by atoms with Crippen LogP contribution in [-0.2, 0) is 14.8 Å². The first-order valence-electron chi connectivity index (χ1n) is 5.86. The molecule has 0 amide bonds. The van der Waals surface area contributed by atoms with Crippen molar-refractivity contribution in [2.75, 3.05) is 6.54 Å². The highest BCUT2D eigenvalue weighted by atomic mass is 79.9. The van der Waals surface area contributed by atoms with E-state index in [2.05, 4.69) is 15.9 Å². The van der Waals surface area contributed by atoms with Gasteiger partial charge in [-0.3, -0.25) is 4.79 Å². The topological polar surface area (TPSA) is 74.7 Å². The third-order valence-corrected chi connectivity index (χ3v) is 7.56. The Kier molecular flexibility index (Phi) is 4.06. The van der Waals surface area contributed by atoms with Crippen LogP contribution in [0.1, 0.15) is 26.2 Å². The van der Waals surface area contributed by atoms with Crippen molar-refractivity contribution in [2.24, 2.45) is 0 Å². The average Bonchev–Trinajstić information content (AvgIpc) is 2.95. The highest BCUT2D eigenvalue weighted by Gasteiger charge is 2.52. The van der Waals surface area contributed by atoms with Gasteiger partial charge in [-0.2, -0.15) is 4.31 Å². The molecule has 1 fully saturated rings. The molecule has 0 bridgehead atoms. The summed E-state index contributed by atoms with van der Waals surface area (Å²) in [5.74, 6) is -1.06. The number of hydrogen-bond acceptors (Lipinski definition) is 4. The van der Waals surface area contributed by atoms with Crippen LogP contribution in [0.4, 0.5) is 0 Å². The van der Waals surface area contributed by atoms with Crippen molar-refractivity contribution in [3.63, 3.8) is 0 Å². The second-order valence-electron chi connectivity index (χ2n) is 4.43. The van der Waals surface area contributed by atoms with Crippen molar-refractivity contribution < 1.29 is 18.3 Å². The zero-order chi connectivity index (χ0) is 14.3. The third-order valence-electron chi connectivity index (χ3n) is 3.50. The standard InChI is InChI=1S/C11H14BrNO4S2/c1-2-11(10(14)15)6-3-7-13(11)19(16,17)9-5-4-8(12)18-9/h4-5H,2-3,6-7H2,1H3,(H,14,15). The van der Waals surface area contributed by atoms with Gasteiger partial charge in [0.05, 0.1) is 3.79 Å². The van der Waals surface area contributed by atoms with Gasteiger partial charge in [0.15, 0.2) is 0 Å². The molecule has 1 aliphatic heterocycles. The summed E-state index contributed by atoms with van der Waals surface area (Å²) in [4.78, 5) is 11.5. The van der Waals surface area contributed by atoms with E-state index in [1.165, 1.54) is 6.07 Å². The maximum atomic E-state index is 12.6. The molecule has 1 N–H and O–H groups in total. The molecule has 0 saturated carbocycles. The molecule has 106 valence electrons. The molecule has 1 unspecified atom stereocenters. The lowest BCUT2D eigenvalue weighted by atomic mass is 9.95. The number of rotatable bonds is 4. The van der Waals surface area contributed by atoms with E-state index in [1.54, 1.807) is 13.0 Å². The van der Waals surface area contributed by atoms with E-state index in [0.29, 0.717) is 16.6 Å². The highest BCUT2D eigenvalue weighted by molar-refractivity contribution is 9.11. The van der Waals surface area contributed by atoms with E-state index < -0.39 is 21.5 Å². The zero-order valence-electron chi connectivity index (χ0n) is 10.3. The highest BCUT2D eigenvalue weighted by Crippen LogP contribution is 2.39. The monoisotopic (exact) mass is 367 g/mol. The maximum Gasteiger partial charge on any atom is 0.325 e. The first kappa shape index (κ1) is 15.0. The van der Waals surface area contributed by atoms with Crippen LogP contribution in [-0.4, -0.2) is 35.9 Å². The number of halogens is 1.